The fourth-order valence-electron chi connectivity index (χ4n) is 2.95. The summed E-state index contributed by atoms with van der Waals surface area (Å²) >= 11 is 1.56. The van der Waals surface area contributed by atoms with Crippen LogP contribution in [0, 0.1) is 0 Å². The normalized spacial score (nSPS) is 10.8. The Balaban J connectivity index is 1.37. The van der Waals surface area contributed by atoms with Crippen molar-refractivity contribution in [3.8, 4) is 16.9 Å². The highest BCUT2D eigenvalue weighted by atomic mass is 32.1. The molecule has 4 nitrogen and oxygen atoms in total. The number of carbonyl (C=O) groups excluding carboxylic acids is 1. The minimum atomic E-state index is -0.246. The zero-order valence-corrected chi connectivity index (χ0v) is 17.0. The number of benzene rings is 3. The van der Waals surface area contributed by atoms with Crippen LogP contribution in [-0.2, 0) is 6.61 Å². The minimum Gasteiger partial charge on any atom is -0.488 e. The molecule has 3 aromatic carbocycles. The predicted octanol–water partition coefficient (Wildman–Crippen LogP) is 5.76. The summed E-state index contributed by atoms with van der Waals surface area (Å²) in [5, 5.41) is 5.95. The van der Waals surface area contributed by atoms with Crippen LogP contribution in [0.5, 0.6) is 5.75 Å². The zero-order valence-electron chi connectivity index (χ0n) is 16.2. The van der Waals surface area contributed by atoms with Gasteiger partial charge in [0.25, 0.3) is 5.91 Å². The summed E-state index contributed by atoms with van der Waals surface area (Å²) in [6.07, 6.45) is 1.63. The lowest BCUT2D eigenvalue weighted by atomic mass is 10.0. The van der Waals surface area contributed by atoms with Crippen LogP contribution in [0.15, 0.2) is 101 Å². The lowest BCUT2D eigenvalue weighted by Gasteiger charge is -2.12. The highest BCUT2D eigenvalue weighted by molar-refractivity contribution is 7.11. The summed E-state index contributed by atoms with van der Waals surface area (Å²) in [7, 11) is 0. The maximum absolute atomic E-state index is 12.2. The van der Waals surface area contributed by atoms with Crippen molar-refractivity contribution in [3.63, 3.8) is 0 Å². The van der Waals surface area contributed by atoms with Crippen LogP contribution in [-0.4, -0.2) is 12.1 Å². The molecule has 30 heavy (non-hydrogen) atoms. The second-order valence-corrected chi connectivity index (χ2v) is 7.54. The molecule has 1 aromatic heterocycles. The molecule has 0 saturated heterocycles. The molecule has 0 radical (unpaired) electrons. The number of hydrazone groups is 1. The van der Waals surface area contributed by atoms with E-state index in [1.54, 1.807) is 29.7 Å². The molecule has 1 amide bonds. The van der Waals surface area contributed by atoms with E-state index in [9.17, 15) is 4.79 Å². The van der Waals surface area contributed by atoms with Crippen molar-refractivity contribution >= 4 is 23.5 Å². The SMILES string of the molecule is O=C(NN=Cc1cccs1)c1ccc(COc2ccccc2-c2ccccc2)cc1. The molecule has 0 aliphatic heterocycles. The van der Waals surface area contributed by atoms with Crippen LogP contribution in [0.25, 0.3) is 11.1 Å². The minimum absolute atomic E-state index is 0.246. The van der Waals surface area contributed by atoms with E-state index in [2.05, 4.69) is 28.7 Å². The standard InChI is InChI=1S/C25H20N2O2S/c28-25(27-26-17-22-9-6-16-30-22)21-14-12-19(13-15-21)18-29-24-11-5-4-10-23(24)20-7-2-1-3-8-20/h1-17H,18H2,(H,27,28). The van der Waals surface area contributed by atoms with Crippen molar-refractivity contribution in [2.75, 3.05) is 0 Å². The molecule has 1 heterocycles. The topological polar surface area (TPSA) is 50.7 Å². The number of hydrogen-bond donors (Lipinski definition) is 1. The average Bonchev–Trinajstić information content (AvgIpc) is 3.32. The fraction of sp³-hybridized carbons (Fsp3) is 0.0400. The summed E-state index contributed by atoms with van der Waals surface area (Å²) in [5.74, 6) is 0.582. The average molecular weight is 413 g/mol. The third-order valence-corrected chi connectivity index (χ3v) is 5.29. The predicted molar refractivity (Wildman–Crippen MR) is 122 cm³/mol. The Morgan fingerprint density at radius 1 is 0.900 bits per heavy atom. The molecule has 0 fully saturated rings. The number of rotatable bonds is 7. The first-order valence-electron chi connectivity index (χ1n) is 9.53. The van der Waals surface area contributed by atoms with Crippen molar-refractivity contribution in [1.82, 2.24) is 5.43 Å². The molecule has 0 saturated carbocycles. The quantitative estimate of drug-likeness (QED) is 0.310. The smallest absolute Gasteiger partial charge is 0.271 e. The molecule has 148 valence electrons. The van der Waals surface area contributed by atoms with Crippen molar-refractivity contribution in [3.05, 3.63) is 112 Å². The molecule has 0 atom stereocenters. The lowest BCUT2D eigenvalue weighted by molar-refractivity contribution is 0.0955. The van der Waals surface area contributed by atoms with Gasteiger partial charge in [0.05, 0.1) is 6.21 Å². The number of nitrogens with one attached hydrogen (secondary N) is 1. The highest BCUT2D eigenvalue weighted by Gasteiger charge is 2.07. The first-order chi connectivity index (χ1) is 14.8. The first kappa shape index (κ1) is 19.6. The Morgan fingerprint density at radius 2 is 1.67 bits per heavy atom. The van der Waals surface area contributed by atoms with E-state index >= 15 is 0 Å². The molecule has 5 heteroatoms. The first-order valence-corrected chi connectivity index (χ1v) is 10.4. The second kappa shape index (κ2) is 9.67. The van der Waals surface area contributed by atoms with Gasteiger partial charge in [0.15, 0.2) is 0 Å². The summed E-state index contributed by atoms with van der Waals surface area (Å²) in [5.41, 5.74) is 6.24. The fourth-order valence-corrected chi connectivity index (χ4v) is 3.53. The summed E-state index contributed by atoms with van der Waals surface area (Å²) in [4.78, 5) is 13.2. The van der Waals surface area contributed by atoms with Gasteiger partial charge in [-0.2, -0.15) is 5.10 Å². The Bertz CT molecular complexity index is 1120. The Hall–Kier alpha value is -3.70. The number of ether oxygens (including phenoxy) is 1. The largest absolute Gasteiger partial charge is 0.488 e. The Labute approximate surface area is 179 Å². The van der Waals surface area contributed by atoms with Crippen LogP contribution in [0.2, 0.25) is 0 Å². The van der Waals surface area contributed by atoms with Crippen molar-refractivity contribution < 1.29 is 9.53 Å². The van der Waals surface area contributed by atoms with Crippen molar-refractivity contribution in [2.24, 2.45) is 5.10 Å². The van der Waals surface area contributed by atoms with Gasteiger partial charge in [0, 0.05) is 16.0 Å². The van der Waals surface area contributed by atoms with Gasteiger partial charge in [0.1, 0.15) is 12.4 Å². The van der Waals surface area contributed by atoms with Gasteiger partial charge in [-0.15, -0.1) is 11.3 Å². The zero-order chi connectivity index (χ0) is 20.6. The van der Waals surface area contributed by atoms with E-state index in [1.807, 2.05) is 66.0 Å². The van der Waals surface area contributed by atoms with Crippen LogP contribution in [0.4, 0.5) is 0 Å². The van der Waals surface area contributed by atoms with Gasteiger partial charge < -0.3 is 4.74 Å². The Kier molecular flexibility index (Phi) is 6.32. The number of thiophene rings is 1. The lowest BCUT2D eigenvalue weighted by Crippen LogP contribution is -2.17. The molecule has 4 rings (SSSR count). The molecule has 1 N–H and O–H groups in total. The molecule has 0 spiro atoms. The maximum atomic E-state index is 12.2. The molecule has 0 unspecified atom stereocenters. The second-order valence-electron chi connectivity index (χ2n) is 6.56. The summed E-state index contributed by atoms with van der Waals surface area (Å²) in [6.45, 7) is 0.419. The molecular formula is C25H20N2O2S. The third-order valence-electron chi connectivity index (χ3n) is 4.48. The number of carbonyl (C=O) groups is 1. The van der Waals surface area contributed by atoms with E-state index in [0.29, 0.717) is 12.2 Å². The summed E-state index contributed by atoms with van der Waals surface area (Å²) < 4.78 is 6.06. The van der Waals surface area contributed by atoms with E-state index in [4.69, 9.17) is 4.74 Å². The van der Waals surface area contributed by atoms with Crippen LogP contribution in [0.1, 0.15) is 20.8 Å². The van der Waals surface area contributed by atoms with Gasteiger partial charge in [-0.3, -0.25) is 4.79 Å². The number of hydrogen-bond acceptors (Lipinski definition) is 4. The summed E-state index contributed by atoms with van der Waals surface area (Å²) in [6, 6.07) is 29.4. The van der Waals surface area contributed by atoms with Gasteiger partial charge in [0.2, 0.25) is 0 Å². The van der Waals surface area contributed by atoms with Crippen LogP contribution >= 0.6 is 11.3 Å². The van der Waals surface area contributed by atoms with Gasteiger partial charge >= 0.3 is 0 Å². The third kappa shape index (κ3) is 5.01. The van der Waals surface area contributed by atoms with Crippen molar-refractivity contribution in [1.29, 1.82) is 0 Å². The van der Waals surface area contributed by atoms with Gasteiger partial charge in [-0.1, -0.05) is 66.7 Å². The molecule has 4 aromatic rings. The van der Waals surface area contributed by atoms with Gasteiger partial charge in [-0.05, 0) is 40.8 Å². The Morgan fingerprint density at radius 3 is 2.43 bits per heavy atom. The van der Waals surface area contributed by atoms with Crippen LogP contribution < -0.4 is 10.2 Å². The maximum Gasteiger partial charge on any atom is 0.271 e. The molecule has 0 bridgehead atoms. The molecule has 0 aliphatic rings. The van der Waals surface area contributed by atoms with E-state index < -0.39 is 0 Å². The number of para-hydroxylation sites is 1. The molecular weight excluding hydrogens is 392 g/mol. The van der Waals surface area contributed by atoms with Gasteiger partial charge in [-0.25, -0.2) is 5.43 Å². The van der Waals surface area contributed by atoms with E-state index in [1.165, 1.54) is 0 Å². The van der Waals surface area contributed by atoms with Crippen LogP contribution in [0.3, 0.4) is 0 Å². The molecule has 0 aliphatic carbocycles. The van der Waals surface area contributed by atoms with E-state index in [0.717, 1.165) is 27.3 Å². The van der Waals surface area contributed by atoms with E-state index in [-0.39, 0.29) is 5.91 Å². The number of nitrogens with zero attached hydrogens (tertiary/aromatic N) is 1. The van der Waals surface area contributed by atoms with Crippen molar-refractivity contribution in [2.45, 2.75) is 6.61 Å². The number of amides is 1. The monoisotopic (exact) mass is 412 g/mol. The highest BCUT2D eigenvalue weighted by Crippen LogP contribution is 2.30.